The molecule has 1 rings (SSSR count). The van der Waals surface area contributed by atoms with Crippen molar-refractivity contribution < 1.29 is 0 Å². The molecule has 0 atom stereocenters. The first-order valence-electron chi connectivity index (χ1n) is 2.21. The fraction of sp³-hybridized carbons (Fsp3) is 0.200. The summed E-state index contributed by atoms with van der Waals surface area (Å²) in [5.41, 5.74) is 0.955. The number of hydrogen-bond donors (Lipinski definition) is 1. The highest BCUT2D eigenvalue weighted by Gasteiger charge is 1.91. The normalized spacial score (nSPS) is 9.75. The molecule has 0 aromatic carbocycles. The van der Waals surface area contributed by atoms with Gasteiger partial charge in [-0.3, -0.25) is 0 Å². The van der Waals surface area contributed by atoms with Crippen LogP contribution in [0, 0.1) is 0 Å². The summed E-state index contributed by atoms with van der Waals surface area (Å²) in [7, 11) is 0. The van der Waals surface area contributed by atoms with Crippen LogP contribution >= 0.6 is 23.2 Å². The lowest BCUT2D eigenvalue weighted by molar-refractivity contribution is 1.23. The Labute approximate surface area is 57.6 Å². The predicted molar refractivity (Wildman–Crippen MR) is 35.4 cm³/mol. The second kappa shape index (κ2) is 2.42. The smallest absolute Gasteiger partial charge is 0.0625 e. The van der Waals surface area contributed by atoms with Gasteiger partial charge in [-0.2, -0.15) is 0 Å². The van der Waals surface area contributed by atoms with Gasteiger partial charge in [0.1, 0.15) is 0 Å². The van der Waals surface area contributed by atoms with E-state index in [-0.39, 0.29) is 0 Å². The van der Waals surface area contributed by atoms with Crippen molar-refractivity contribution in [2.45, 2.75) is 5.88 Å². The van der Waals surface area contributed by atoms with E-state index in [9.17, 15) is 0 Å². The zero-order chi connectivity index (χ0) is 5.98. The van der Waals surface area contributed by atoms with E-state index in [1.807, 2.05) is 0 Å². The second-order valence-electron chi connectivity index (χ2n) is 1.48. The first-order valence-corrected chi connectivity index (χ1v) is 3.13. The Kier molecular flexibility index (Phi) is 1.81. The van der Waals surface area contributed by atoms with Crippen LogP contribution in [0.1, 0.15) is 5.69 Å². The van der Waals surface area contributed by atoms with Crippen molar-refractivity contribution >= 4 is 23.2 Å². The van der Waals surface area contributed by atoms with Gasteiger partial charge in [0.05, 0.1) is 10.9 Å². The van der Waals surface area contributed by atoms with Crippen molar-refractivity contribution in [2.24, 2.45) is 0 Å². The molecule has 0 fully saturated rings. The molecular formula is C5H5Cl2N. The van der Waals surface area contributed by atoms with Crippen LogP contribution in [0.2, 0.25) is 5.02 Å². The third-order valence-electron chi connectivity index (χ3n) is 0.852. The van der Waals surface area contributed by atoms with Crippen LogP contribution in [-0.2, 0) is 5.88 Å². The lowest BCUT2D eigenvalue weighted by Crippen LogP contribution is -1.70. The summed E-state index contributed by atoms with van der Waals surface area (Å²) in [6, 6.07) is 1.80. The quantitative estimate of drug-likeness (QED) is 0.591. The average molecular weight is 150 g/mol. The van der Waals surface area contributed by atoms with Gasteiger partial charge in [0.15, 0.2) is 0 Å². The Morgan fingerprint density at radius 3 is 2.62 bits per heavy atom. The number of hydrogen-bond acceptors (Lipinski definition) is 0. The van der Waals surface area contributed by atoms with Gasteiger partial charge >= 0.3 is 0 Å². The summed E-state index contributed by atoms with van der Waals surface area (Å²) in [5.74, 6) is 0.493. The molecule has 0 unspecified atom stereocenters. The number of H-pyrrole nitrogens is 1. The van der Waals surface area contributed by atoms with Gasteiger partial charge in [0, 0.05) is 11.9 Å². The van der Waals surface area contributed by atoms with Crippen LogP contribution in [0.5, 0.6) is 0 Å². The Hall–Kier alpha value is -0.140. The van der Waals surface area contributed by atoms with Gasteiger partial charge in [0.25, 0.3) is 0 Å². The number of aromatic amines is 1. The number of nitrogens with one attached hydrogen (secondary N) is 1. The summed E-state index contributed by atoms with van der Waals surface area (Å²) < 4.78 is 0. The first-order chi connectivity index (χ1) is 3.83. The maximum Gasteiger partial charge on any atom is 0.0625 e. The molecule has 0 aliphatic carbocycles. The molecule has 0 amide bonds. The van der Waals surface area contributed by atoms with E-state index in [2.05, 4.69) is 4.98 Å². The van der Waals surface area contributed by atoms with Crippen LogP contribution in [0.25, 0.3) is 0 Å². The fourth-order valence-electron chi connectivity index (χ4n) is 0.489. The summed E-state index contributed by atoms with van der Waals surface area (Å²) in [4.78, 5) is 2.89. The molecule has 3 heteroatoms. The molecular weight excluding hydrogens is 145 g/mol. The minimum absolute atomic E-state index is 0.493. The van der Waals surface area contributed by atoms with Gasteiger partial charge in [-0.05, 0) is 6.07 Å². The molecule has 0 radical (unpaired) electrons. The topological polar surface area (TPSA) is 15.8 Å². The standard InChI is InChI=1S/C5H5Cl2N/c6-2-5-1-4(7)3-8-5/h1,3,8H,2H2. The lowest BCUT2D eigenvalue weighted by atomic mass is 10.5. The SMILES string of the molecule is ClCc1cc(Cl)c[nH]1. The molecule has 1 nitrogen and oxygen atoms in total. The van der Waals surface area contributed by atoms with E-state index in [1.54, 1.807) is 12.3 Å². The second-order valence-corrected chi connectivity index (χ2v) is 2.18. The average Bonchev–Trinajstić information content (AvgIpc) is 2.14. The minimum atomic E-state index is 0.493. The molecule has 0 bridgehead atoms. The third-order valence-corrected chi connectivity index (χ3v) is 1.36. The molecule has 8 heavy (non-hydrogen) atoms. The number of alkyl halides is 1. The van der Waals surface area contributed by atoms with Crippen molar-refractivity contribution in [3.63, 3.8) is 0 Å². The molecule has 0 saturated carbocycles. The lowest BCUT2D eigenvalue weighted by Gasteiger charge is -1.79. The van der Waals surface area contributed by atoms with Crippen molar-refractivity contribution in [1.82, 2.24) is 4.98 Å². The highest BCUT2D eigenvalue weighted by molar-refractivity contribution is 6.30. The predicted octanol–water partition coefficient (Wildman–Crippen LogP) is 2.41. The molecule has 1 aromatic rings. The Morgan fingerprint density at radius 2 is 2.38 bits per heavy atom. The molecule has 1 aromatic heterocycles. The number of halogens is 2. The molecule has 44 valence electrons. The Balaban J connectivity index is 2.84. The van der Waals surface area contributed by atoms with Gasteiger partial charge < -0.3 is 4.98 Å². The highest BCUT2D eigenvalue weighted by atomic mass is 35.5. The van der Waals surface area contributed by atoms with Crippen LogP contribution in [0.4, 0.5) is 0 Å². The van der Waals surface area contributed by atoms with E-state index in [0.29, 0.717) is 10.9 Å². The van der Waals surface area contributed by atoms with E-state index in [4.69, 9.17) is 23.2 Å². The zero-order valence-corrected chi connectivity index (χ0v) is 5.63. The first kappa shape index (κ1) is 5.99. The van der Waals surface area contributed by atoms with Crippen LogP contribution in [0.15, 0.2) is 12.3 Å². The van der Waals surface area contributed by atoms with E-state index < -0.39 is 0 Å². The van der Waals surface area contributed by atoms with Crippen molar-refractivity contribution in [3.05, 3.63) is 23.0 Å². The minimum Gasteiger partial charge on any atom is -0.363 e. The fourth-order valence-corrected chi connectivity index (χ4v) is 0.829. The largest absolute Gasteiger partial charge is 0.363 e. The van der Waals surface area contributed by atoms with Crippen LogP contribution in [-0.4, -0.2) is 4.98 Å². The van der Waals surface area contributed by atoms with Gasteiger partial charge in [-0.25, -0.2) is 0 Å². The maximum absolute atomic E-state index is 5.55. The number of rotatable bonds is 1. The summed E-state index contributed by atoms with van der Waals surface area (Å²) in [5, 5.41) is 0.709. The van der Waals surface area contributed by atoms with Crippen LogP contribution < -0.4 is 0 Å². The van der Waals surface area contributed by atoms with E-state index in [0.717, 1.165) is 5.69 Å². The summed E-state index contributed by atoms with van der Waals surface area (Å²) in [6.07, 6.45) is 1.71. The van der Waals surface area contributed by atoms with Gasteiger partial charge in [0.2, 0.25) is 0 Å². The number of aromatic nitrogens is 1. The molecule has 0 spiro atoms. The summed E-state index contributed by atoms with van der Waals surface area (Å²) in [6.45, 7) is 0. The maximum atomic E-state index is 5.55. The van der Waals surface area contributed by atoms with Gasteiger partial charge in [-0.15, -0.1) is 11.6 Å². The van der Waals surface area contributed by atoms with E-state index in [1.165, 1.54) is 0 Å². The monoisotopic (exact) mass is 149 g/mol. The zero-order valence-electron chi connectivity index (χ0n) is 4.12. The highest BCUT2D eigenvalue weighted by Crippen LogP contribution is 2.10. The van der Waals surface area contributed by atoms with Crippen molar-refractivity contribution in [2.75, 3.05) is 0 Å². The van der Waals surface area contributed by atoms with Crippen molar-refractivity contribution in [3.8, 4) is 0 Å². The Bertz CT molecular complexity index is 171. The van der Waals surface area contributed by atoms with Gasteiger partial charge in [-0.1, -0.05) is 11.6 Å². The molecule has 1 heterocycles. The van der Waals surface area contributed by atoms with Crippen LogP contribution in [0.3, 0.4) is 0 Å². The molecule has 0 aliphatic heterocycles. The van der Waals surface area contributed by atoms with Crippen molar-refractivity contribution in [1.29, 1.82) is 0 Å². The molecule has 0 saturated heterocycles. The van der Waals surface area contributed by atoms with E-state index >= 15 is 0 Å². The molecule has 0 aliphatic rings. The Morgan fingerprint density at radius 1 is 1.62 bits per heavy atom. The third kappa shape index (κ3) is 1.17. The summed E-state index contributed by atoms with van der Waals surface area (Å²) >= 11 is 11.0. The molecule has 1 N–H and O–H groups in total.